The third kappa shape index (κ3) is 3.02. The molecule has 1 aliphatic carbocycles. The Morgan fingerprint density at radius 2 is 2.06 bits per heavy atom. The molecule has 102 valence electrons. The van der Waals surface area contributed by atoms with Crippen LogP contribution in [0.25, 0.3) is 0 Å². The van der Waals surface area contributed by atoms with E-state index in [0.717, 1.165) is 0 Å². The van der Waals surface area contributed by atoms with Crippen molar-refractivity contribution in [2.75, 3.05) is 13.7 Å². The van der Waals surface area contributed by atoms with E-state index in [4.69, 9.17) is 19.7 Å². The number of carbonyl (C=O) groups is 2. The molecule has 18 heavy (non-hydrogen) atoms. The Balaban J connectivity index is 0.00000289. The van der Waals surface area contributed by atoms with E-state index in [1.807, 2.05) is 0 Å². The van der Waals surface area contributed by atoms with Gasteiger partial charge in [0.25, 0.3) is 0 Å². The lowest BCUT2D eigenvalue weighted by Crippen LogP contribution is -2.42. The van der Waals surface area contributed by atoms with Crippen molar-refractivity contribution in [1.82, 2.24) is 0 Å². The lowest BCUT2D eigenvalue weighted by Gasteiger charge is -2.29. The van der Waals surface area contributed by atoms with E-state index in [0.29, 0.717) is 0 Å². The minimum absolute atomic E-state index is 0. The second-order valence-corrected chi connectivity index (χ2v) is 3.48. The maximum Gasteiger partial charge on any atom is 0.340 e. The molecule has 0 bridgehead atoms. The van der Waals surface area contributed by atoms with Crippen LogP contribution in [-0.2, 0) is 19.1 Å². The summed E-state index contributed by atoms with van der Waals surface area (Å²) in [6.45, 7) is 1.87. The molecule has 2 N–H and O–H groups in total. The predicted molar refractivity (Wildman–Crippen MR) is 64.7 cm³/mol. The van der Waals surface area contributed by atoms with Crippen molar-refractivity contribution >= 4 is 24.3 Å². The Hall–Kier alpha value is -1.53. The Kier molecular flexibility index (Phi) is 5.87. The number of hydrogen-bond donors (Lipinski definition) is 2. The molecule has 0 saturated carbocycles. The molecule has 0 aliphatic heterocycles. The summed E-state index contributed by atoms with van der Waals surface area (Å²) in [6.07, 6.45) is 2.31. The molecule has 0 aromatic heterocycles. The van der Waals surface area contributed by atoms with Gasteiger partial charge in [-0.1, -0.05) is 0 Å². The zero-order chi connectivity index (χ0) is 13.1. The topological polar surface area (TPSA) is 93.1 Å². The summed E-state index contributed by atoms with van der Waals surface area (Å²) in [5, 5.41) is 18.1. The first-order valence-corrected chi connectivity index (χ1v) is 5.04. The molecule has 0 aromatic carbocycles. The number of halogens is 1. The molecule has 7 heteroatoms. The maximum absolute atomic E-state index is 11.2. The van der Waals surface area contributed by atoms with Crippen LogP contribution in [0.1, 0.15) is 13.3 Å². The van der Waals surface area contributed by atoms with E-state index < -0.39 is 17.5 Å². The summed E-state index contributed by atoms with van der Waals surface area (Å²) >= 11 is 0. The quantitative estimate of drug-likeness (QED) is 0.785. The zero-order valence-electron chi connectivity index (χ0n) is 10.0. The van der Waals surface area contributed by atoms with Crippen LogP contribution < -0.4 is 0 Å². The summed E-state index contributed by atoms with van der Waals surface area (Å²) in [4.78, 5) is 22.1. The number of rotatable bonds is 5. The summed E-state index contributed by atoms with van der Waals surface area (Å²) in [5.74, 6) is -2.24. The maximum atomic E-state index is 11.2. The molecule has 1 rings (SSSR count). The number of carboxylic acid groups (broad SMARTS) is 2. The highest BCUT2D eigenvalue weighted by Crippen LogP contribution is 2.31. The number of methoxy groups -OCH3 is 1. The molecular weight excluding hydrogens is 264 g/mol. The van der Waals surface area contributed by atoms with Crippen molar-refractivity contribution in [3.8, 4) is 0 Å². The fraction of sp³-hybridized carbons (Fsp3) is 0.455. The second kappa shape index (κ2) is 6.42. The van der Waals surface area contributed by atoms with E-state index in [2.05, 4.69) is 0 Å². The molecule has 0 saturated heterocycles. The van der Waals surface area contributed by atoms with Gasteiger partial charge in [-0.05, 0) is 19.1 Å². The highest BCUT2D eigenvalue weighted by atomic mass is 35.5. The molecule has 0 heterocycles. The van der Waals surface area contributed by atoms with E-state index in [9.17, 15) is 9.59 Å². The largest absolute Gasteiger partial charge is 0.500 e. The van der Waals surface area contributed by atoms with Gasteiger partial charge in [0, 0.05) is 13.0 Å². The Labute approximate surface area is 110 Å². The molecular formula is C11H15ClO6. The molecule has 0 spiro atoms. The number of carboxylic acids is 2. The third-order valence-corrected chi connectivity index (χ3v) is 2.48. The third-order valence-electron chi connectivity index (χ3n) is 2.48. The van der Waals surface area contributed by atoms with Crippen molar-refractivity contribution in [1.29, 1.82) is 0 Å². The van der Waals surface area contributed by atoms with E-state index in [1.54, 1.807) is 6.92 Å². The van der Waals surface area contributed by atoms with Crippen LogP contribution in [0.3, 0.4) is 0 Å². The first-order chi connectivity index (χ1) is 7.96. The van der Waals surface area contributed by atoms with Crippen LogP contribution in [0.15, 0.2) is 23.5 Å². The highest BCUT2D eigenvalue weighted by molar-refractivity contribution is 5.92. The number of aliphatic carboxylic acids is 2. The van der Waals surface area contributed by atoms with Crippen molar-refractivity contribution < 1.29 is 29.3 Å². The van der Waals surface area contributed by atoms with Crippen molar-refractivity contribution in [3.05, 3.63) is 23.5 Å². The average Bonchev–Trinajstić information content (AvgIpc) is 2.28. The van der Waals surface area contributed by atoms with Gasteiger partial charge in [0.05, 0.1) is 12.7 Å². The minimum Gasteiger partial charge on any atom is -0.500 e. The van der Waals surface area contributed by atoms with Gasteiger partial charge in [0.15, 0.2) is 5.60 Å². The smallest absolute Gasteiger partial charge is 0.340 e. The second-order valence-electron chi connectivity index (χ2n) is 3.48. The monoisotopic (exact) mass is 278 g/mol. The molecule has 0 aromatic rings. The van der Waals surface area contributed by atoms with Gasteiger partial charge in [0.1, 0.15) is 5.76 Å². The van der Waals surface area contributed by atoms with Crippen LogP contribution in [0, 0.1) is 0 Å². The Bertz CT molecular complexity index is 400. The zero-order valence-corrected chi connectivity index (χ0v) is 10.8. The van der Waals surface area contributed by atoms with Gasteiger partial charge in [-0.2, -0.15) is 0 Å². The van der Waals surface area contributed by atoms with Gasteiger partial charge < -0.3 is 19.7 Å². The van der Waals surface area contributed by atoms with Crippen molar-refractivity contribution in [3.63, 3.8) is 0 Å². The van der Waals surface area contributed by atoms with Crippen molar-refractivity contribution in [2.24, 2.45) is 0 Å². The summed E-state index contributed by atoms with van der Waals surface area (Å²) in [7, 11) is 1.30. The summed E-state index contributed by atoms with van der Waals surface area (Å²) in [6, 6.07) is 0. The SMILES string of the molecule is CCOC1(C(=O)O)C=CC(C(=O)O)=C(OC)C1.Cl. The van der Waals surface area contributed by atoms with Gasteiger partial charge >= 0.3 is 11.9 Å². The van der Waals surface area contributed by atoms with Gasteiger partial charge in [-0.15, -0.1) is 12.4 Å². The number of hydrogen-bond acceptors (Lipinski definition) is 4. The summed E-state index contributed by atoms with van der Waals surface area (Å²) < 4.78 is 10.1. The highest BCUT2D eigenvalue weighted by Gasteiger charge is 2.41. The van der Waals surface area contributed by atoms with Crippen LogP contribution in [-0.4, -0.2) is 41.5 Å². The van der Waals surface area contributed by atoms with Crippen LogP contribution in [0.2, 0.25) is 0 Å². The van der Waals surface area contributed by atoms with Gasteiger partial charge in [-0.3, -0.25) is 0 Å². The minimum atomic E-state index is -1.54. The van der Waals surface area contributed by atoms with Gasteiger partial charge in [-0.25, -0.2) is 9.59 Å². The fourth-order valence-corrected chi connectivity index (χ4v) is 1.64. The molecule has 1 unspecified atom stereocenters. The van der Waals surface area contributed by atoms with Gasteiger partial charge in [0.2, 0.25) is 0 Å². The standard InChI is InChI=1S/C11H14O6.ClH/c1-3-17-11(10(14)15)5-4-7(9(12)13)8(6-11)16-2;/h4-5H,3,6H2,1-2H3,(H,12,13)(H,14,15);1H. The molecule has 0 amide bonds. The Morgan fingerprint density at radius 3 is 2.44 bits per heavy atom. The molecule has 6 nitrogen and oxygen atoms in total. The molecule has 0 radical (unpaired) electrons. The van der Waals surface area contributed by atoms with Crippen LogP contribution >= 0.6 is 12.4 Å². The molecule has 0 fully saturated rings. The van der Waals surface area contributed by atoms with Crippen LogP contribution in [0.4, 0.5) is 0 Å². The molecule has 1 atom stereocenters. The Morgan fingerprint density at radius 1 is 1.44 bits per heavy atom. The first-order valence-electron chi connectivity index (χ1n) is 5.04. The predicted octanol–water partition coefficient (Wildman–Crippen LogP) is 1.21. The number of ether oxygens (including phenoxy) is 2. The van der Waals surface area contributed by atoms with E-state index in [1.165, 1.54) is 19.3 Å². The average molecular weight is 279 g/mol. The summed E-state index contributed by atoms with van der Waals surface area (Å²) in [5.41, 5.74) is -1.59. The van der Waals surface area contributed by atoms with E-state index >= 15 is 0 Å². The van der Waals surface area contributed by atoms with E-state index in [-0.39, 0.29) is 36.8 Å². The normalized spacial score (nSPS) is 22.3. The lowest BCUT2D eigenvalue weighted by atomic mass is 9.90. The van der Waals surface area contributed by atoms with Crippen molar-refractivity contribution in [2.45, 2.75) is 18.9 Å². The fourth-order valence-electron chi connectivity index (χ4n) is 1.64. The van der Waals surface area contributed by atoms with Crippen LogP contribution in [0.5, 0.6) is 0 Å². The first kappa shape index (κ1) is 16.5. The molecule has 1 aliphatic rings. The lowest BCUT2D eigenvalue weighted by molar-refractivity contribution is -0.160.